The van der Waals surface area contributed by atoms with Crippen LogP contribution in [0.15, 0.2) is 18.2 Å². The molecule has 0 spiro atoms. The Kier molecular flexibility index (Phi) is 8.99. The molecule has 6 nitrogen and oxygen atoms in total. The lowest BCUT2D eigenvalue weighted by molar-refractivity contribution is -0.159. The predicted molar refractivity (Wildman–Crippen MR) is 96.3 cm³/mol. The summed E-state index contributed by atoms with van der Waals surface area (Å²) in [5, 5.41) is 14.8. The molecule has 0 atom stereocenters. The highest BCUT2D eigenvalue weighted by atomic mass is 16.5. The molecule has 2 rings (SSSR count). The molecule has 1 heterocycles. The number of piperidine rings is 1. The van der Waals surface area contributed by atoms with Gasteiger partial charge in [-0.2, -0.15) is 0 Å². The molecule has 0 aliphatic carbocycles. The number of aliphatic carboxylic acids is 2. The molecule has 1 aliphatic rings. The van der Waals surface area contributed by atoms with E-state index in [2.05, 4.69) is 43.9 Å². The van der Waals surface area contributed by atoms with Gasteiger partial charge in [0.05, 0.1) is 0 Å². The van der Waals surface area contributed by atoms with Gasteiger partial charge < -0.3 is 14.9 Å². The molecule has 0 saturated carbocycles. The molecule has 1 aromatic carbocycles. The van der Waals surface area contributed by atoms with Gasteiger partial charge in [0.25, 0.3) is 0 Å². The van der Waals surface area contributed by atoms with Crippen molar-refractivity contribution in [1.29, 1.82) is 0 Å². The number of carboxylic acids is 2. The van der Waals surface area contributed by atoms with Crippen LogP contribution in [-0.4, -0.2) is 53.3 Å². The second-order valence-corrected chi connectivity index (χ2v) is 6.60. The van der Waals surface area contributed by atoms with E-state index in [9.17, 15) is 0 Å². The molecule has 1 aromatic rings. The minimum absolute atomic E-state index is 0.560. The smallest absolute Gasteiger partial charge is 0.414 e. The molecule has 0 aromatic heterocycles. The number of benzene rings is 1. The van der Waals surface area contributed by atoms with E-state index >= 15 is 0 Å². The Morgan fingerprint density at radius 3 is 2.20 bits per heavy atom. The summed E-state index contributed by atoms with van der Waals surface area (Å²) in [6.45, 7) is 11.0. The number of carbonyl (C=O) groups is 2. The zero-order valence-corrected chi connectivity index (χ0v) is 15.3. The lowest BCUT2D eigenvalue weighted by Crippen LogP contribution is -2.33. The molecule has 0 amide bonds. The van der Waals surface area contributed by atoms with Gasteiger partial charge in [-0.05, 0) is 62.0 Å². The first-order valence-electron chi connectivity index (χ1n) is 8.72. The highest BCUT2D eigenvalue weighted by Crippen LogP contribution is 2.22. The summed E-state index contributed by atoms with van der Waals surface area (Å²) < 4.78 is 5.94. The van der Waals surface area contributed by atoms with Crippen molar-refractivity contribution in [3.8, 4) is 5.75 Å². The molecule has 1 aliphatic heterocycles. The minimum atomic E-state index is -1.82. The second-order valence-electron chi connectivity index (χ2n) is 6.60. The van der Waals surface area contributed by atoms with E-state index < -0.39 is 11.9 Å². The maximum absolute atomic E-state index is 9.10. The van der Waals surface area contributed by atoms with Crippen LogP contribution in [0.25, 0.3) is 0 Å². The maximum atomic E-state index is 9.10. The average Bonchev–Trinajstić information content (AvgIpc) is 2.56. The molecule has 1 saturated heterocycles. The van der Waals surface area contributed by atoms with Crippen molar-refractivity contribution in [2.24, 2.45) is 0 Å². The Bertz CT molecular complexity index is 553. The van der Waals surface area contributed by atoms with Gasteiger partial charge in [0.2, 0.25) is 0 Å². The van der Waals surface area contributed by atoms with Crippen LogP contribution in [0.1, 0.15) is 50.2 Å². The van der Waals surface area contributed by atoms with Gasteiger partial charge in [0.15, 0.2) is 0 Å². The fourth-order valence-electron chi connectivity index (χ4n) is 2.67. The Morgan fingerprint density at radius 2 is 1.68 bits per heavy atom. The first-order valence-corrected chi connectivity index (χ1v) is 8.72. The Labute approximate surface area is 149 Å². The molecule has 0 radical (unpaired) electrons. The summed E-state index contributed by atoms with van der Waals surface area (Å²) in [6, 6.07) is 6.58. The largest absolute Gasteiger partial charge is 0.492 e. The maximum Gasteiger partial charge on any atom is 0.414 e. The van der Waals surface area contributed by atoms with Crippen molar-refractivity contribution in [3.63, 3.8) is 0 Å². The van der Waals surface area contributed by atoms with E-state index in [1.807, 2.05) is 0 Å². The van der Waals surface area contributed by atoms with Crippen LogP contribution in [0.3, 0.4) is 0 Å². The van der Waals surface area contributed by atoms with E-state index in [1.54, 1.807) is 0 Å². The van der Waals surface area contributed by atoms with Crippen LogP contribution in [-0.2, 0) is 9.59 Å². The second kappa shape index (κ2) is 10.7. The number of likely N-dealkylation sites (tertiary alicyclic amines) is 1. The van der Waals surface area contributed by atoms with E-state index in [4.69, 9.17) is 24.5 Å². The molecule has 140 valence electrons. The van der Waals surface area contributed by atoms with Gasteiger partial charge in [-0.15, -0.1) is 0 Å². The highest BCUT2D eigenvalue weighted by Gasteiger charge is 2.10. The quantitative estimate of drug-likeness (QED) is 0.793. The van der Waals surface area contributed by atoms with Crippen LogP contribution in [0.4, 0.5) is 0 Å². The first kappa shape index (κ1) is 21.0. The average molecular weight is 351 g/mol. The Hall–Kier alpha value is -2.08. The number of carboxylic acid groups (broad SMARTS) is 2. The summed E-state index contributed by atoms with van der Waals surface area (Å²) in [4.78, 5) is 20.7. The lowest BCUT2D eigenvalue weighted by atomic mass is 10.0. The normalized spacial score (nSPS) is 14.6. The van der Waals surface area contributed by atoms with Crippen molar-refractivity contribution in [2.45, 2.75) is 46.0 Å². The first-order chi connectivity index (χ1) is 11.8. The van der Waals surface area contributed by atoms with Crippen LogP contribution < -0.4 is 4.74 Å². The van der Waals surface area contributed by atoms with Gasteiger partial charge >= 0.3 is 11.9 Å². The van der Waals surface area contributed by atoms with Gasteiger partial charge in [-0.25, -0.2) is 9.59 Å². The standard InChI is InChI=1S/C17H27NO.C2H2O4/c1-14(2)16-11-15(3)12-17(13-16)19-10-9-18-7-5-4-6-8-18;3-1(4)2(5)6/h11-14H,4-10H2,1-3H3;(H,3,4)(H,5,6). The van der Waals surface area contributed by atoms with E-state index in [-0.39, 0.29) is 0 Å². The van der Waals surface area contributed by atoms with E-state index in [1.165, 1.54) is 43.5 Å². The third-order valence-electron chi connectivity index (χ3n) is 4.05. The zero-order valence-electron chi connectivity index (χ0n) is 15.3. The number of ether oxygens (including phenoxy) is 1. The number of nitrogens with zero attached hydrogens (tertiary/aromatic N) is 1. The molecule has 25 heavy (non-hydrogen) atoms. The van der Waals surface area contributed by atoms with E-state index in [0.29, 0.717) is 5.92 Å². The monoisotopic (exact) mass is 351 g/mol. The summed E-state index contributed by atoms with van der Waals surface area (Å²) in [7, 11) is 0. The summed E-state index contributed by atoms with van der Waals surface area (Å²) in [6.07, 6.45) is 4.09. The van der Waals surface area contributed by atoms with Gasteiger partial charge in [0, 0.05) is 6.54 Å². The Balaban J connectivity index is 0.000000450. The molecule has 1 fully saturated rings. The molecule has 0 bridgehead atoms. The number of hydrogen-bond donors (Lipinski definition) is 2. The van der Waals surface area contributed by atoms with Crippen molar-refractivity contribution < 1.29 is 24.5 Å². The van der Waals surface area contributed by atoms with Crippen molar-refractivity contribution in [2.75, 3.05) is 26.2 Å². The molecular formula is C19H29NO5. The highest BCUT2D eigenvalue weighted by molar-refractivity contribution is 6.27. The number of rotatable bonds is 5. The topological polar surface area (TPSA) is 87.1 Å². The molecule has 2 N–H and O–H groups in total. The number of hydrogen-bond acceptors (Lipinski definition) is 4. The SMILES string of the molecule is Cc1cc(OCCN2CCCCC2)cc(C(C)C)c1.O=C(O)C(=O)O. The third kappa shape index (κ3) is 8.54. The summed E-state index contributed by atoms with van der Waals surface area (Å²) in [5.41, 5.74) is 2.66. The zero-order chi connectivity index (χ0) is 18.8. The van der Waals surface area contributed by atoms with Gasteiger partial charge in [0.1, 0.15) is 12.4 Å². The van der Waals surface area contributed by atoms with Crippen LogP contribution >= 0.6 is 0 Å². The van der Waals surface area contributed by atoms with Crippen LogP contribution in [0.2, 0.25) is 0 Å². The fourth-order valence-corrected chi connectivity index (χ4v) is 2.67. The third-order valence-corrected chi connectivity index (χ3v) is 4.05. The minimum Gasteiger partial charge on any atom is -0.492 e. The summed E-state index contributed by atoms with van der Waals surface area (Å²) in [5.74, 6) is -2.06. The van der Waals surface area contributed by atoms with Crippen LogP contribution in [0.5, 0.6) is 5.75 Å². The van der Waals surface area contributed by atoms with Gasteiger partial charge in [-0.3, -0.25) is 4.90 Å². The molecule has 0 unspecified atom stereocenters. The lowest BCUT2D eigenvalue weighted by Gasteiger charge is -2.26. The van der Waals surface area contributed by atoms with Crippen LogP contribution in [0, 0.1) is 6.92 Å². The molecular weight excluding hydrogens is 322 g/mol. The molecule has 6 heteroatoms. The van der Waals surface area contributed by atoms with Gasteiger partial charge in [-0.1, -0.05) is 26.3 Å². The van der Waals surface area contributed by atoms with Crippen molar-refractivity contribution in [1.82, 2.24) is 4.90 Å². The fraction of sp³-hybridized carbons (Fsp3) is 0.579. The predicted octanol–water partition coefficient (Wildman–Crippen LogP) is 3.14. The van der Waals surface area contributed by atoms with E-state index in [0.717, 1.165) is 18.9 Å². The Morgan fingerprint density at radius 1 is 1.08 bits per heavy atom. The van der Waals surface area contributed by atoms with Crippen molar-refractivity contribution in [3.05, 3.63) is 29.3 Å². The van der Waals surface area contributed by atoms with Crippen molar-refractivity contribution >= 4 is 11.9 Å². The number of aryl methyl sites for hydroxylation is 1. The summed E-state index contributed by atoms with van der Waals surface area (Å²) >= 11 is 0.